The van der Waals surface area contributed by atoms with Gasteiger partial charge in [0, 0.05) is 26.1 Å². The summed E-state index contributed by atoms with van der Waals surface area (Å²) >= 11 is 7.78. The first-order chi connectivity index (χ1) is 16.0. The van der Waals surface area contributed by atoms with Gasteiger partial charge in [-0.2, -0.15) is 0 Å². The Bertz CT molecular complexity index is 1410. The Morgan fingerprint density at radius 2 is 1.71 bits per heavy atom. The summed E-state index contributed by atoms with van der Waals surface area (Å²) in [6, 6.07) is 14.7. The number of benzene rings is 3. The van der Waals surface area contributed by atoms with Crippen molar-refractivity contribution in [1.29, 1.82) is 0 Å². The molecule has 0 heterocycles. The number of amides is 1. The van der Waals surface area contributed by atoms with Crippen molar-refractivity contribution in [3.8, 4) is 0 Å². The highest BCUT2D eigenvalue weighted by Gasteiger charge is 2.24. The first-order valence-electron chi connectivity index (χ1n) is 9.48. The summed E-state index contributed by atoms with van der Waals surface area (Å²) in [5, 5.41) is 11.4. The summed E-state index contributed by atoms with van der Waals surface area (Å²) in [5.41, 5.74) is -0.0422. The number of carbonyl (C=O) groups is 2. The topological polar surface area (TPSA) is 123 Å². The number of thioether (sulfide) groups is 1. The van der Waals surface area contributed by atoms with E-state index in [1.54, 1.807) is 24.5 Å². The second-order valence-corrected chi connectivity index (χ2v) is 11.1. The van der Waals surface area contributed by atoms with Crippen LogP contribution in [-0.4, -0.2) is 31.3 Å². The van der Waals surface area contributed by atoms with E-state index in [0.717, 1.165) is 6.07 Å². The van der Waals surface area contributed by atoms with Crippen LogP contribution in [0.15, 0.2) is 74.5 Å². The predicted molar refractivity (Wildman–Crippen MR) is 137 cm³/mol. The number of nitro groups is 1. The number of sulfonamides is 1. The van der Waals surface area contributed by atoms with E-state index >= 15 is 0 Å². The number of rotatable bonds is 8. The molecular weight excluding hydrogens is 612 g/mol. The van der Waals surface area contributed by atoms with E-state index in [4.69, 9.17) is 0 Å². The van der Waals surface area contributed by atoms with Crippen LogP contribution >= 0.6 is 43.6 Å². The molecular formula is C22H16Br2N2O6S2. The summed E-state index contributed by atoms with van der Waals surface area (Å²) in [6.07, 6.45) is 1.68. The minimum Gasteiger partial charge on any atom is -0.289 e. The van der Waals surface area contributed by atoms with E-state index < -0.39 is 32.4 Å². The summed E-state index contributed by atoms with van der Waals surface area (Å²) < 4.78 is 28.5. The molecule has 0 bridgehead atoms. The lowest BCUT2D eigenvalue weighted by atomic mass is 9.98. The van der Waals surface area contributed by atoms with Gasteiger partial charge in [-0.15, -0.1) is 11.8 Å². The molecule has 34 heavy (non-hydrogen) atoms. The van der Waals surface area contributed by atoms with Crippen molar-refractivity contribution in [3.05, 3.63) is 102 Å². The Labute approximate surface area is 216 Å². The van der Waals surface area contributed by atoms with Crippen molar-refractivity contribution in [1.82, 2.24) is 4.72 Å². The molecule has 0 aromatic heterocycles. The molecule has 0 radical (unpaired) electrons. The Kier molecular flexibility index (Phi) is 8.29. The average Bonchev–Trinajstić information content (AvgIpc) is 2.80. The maximum Gasteiger partial charge on any atom is 0.283 e. The molecule has 0 atom stereocenters. The molecule has 0 aliphatic heterocycles. The van der Waals surface area contributed by atoms with Crippen LogP contribution in [0.1, 0.15) is 31.8 Å². The Morgan fingerprint density at radius 3 is 2.35 bits per heavy atom. The third-order valence-electron chi connectivity index (χ3n) is 4.68. The van der Waals surface area contributed by atoms with Gasteiger partial charge in [0.05, 0.1) is 21.1 Å². The summed E-state index contributed by atoms with van der Waals surface area (Å²) in [7, 11) is -4.11. The molecule has 0 aliphatic carbocycles. The van der Waals surface area contributed by atoms with Crippen LogP contribution < -0.4 is 4.72 Å². The molecule has 3 rings (SSSR count). The first kappa shape index (κ1) is 26.1. The van der Waals surface area contributed by atoms with Crippen molar-refractivity contribution in [2.24, 2.45) is 0 Å². The third kappa shape index (κ3) is 5.93. The van der Waals surface area contributed by atoms with Crippen LogP contribution in [0.2, 0.25) is 0 Å². The number of nitro benzene ring substituents is 1. The van der Waals surface area contributed by atoms with Gasteiger partial charge in [-0.25, -0.2) is 13.1 Å². The molecule has 3 aromatic carbocycles. The molecule has 0 fully saturated rings. The molecule has 0 spiro atoms. The van der Waals surface area contributed by atoms with Crippen LogP contribution in [0.25, 0.3) is 0 Å². The van der Waals surface area contributed by atoms with Gasteiger partial charge < -0.3 is 0 Å². The number of nitrogens with zero attached hydrogens (tertiary/aromatic N) is 1. The van der Waals surface area contributed by atoms with Crippen molar-refractivity contribution in [2.45, 2.75) is 10.6 Å². The van der Waals surface area contributed by atoms with Gasteiger partial charge >= 0.3 is 0 Å². The first-order valence-corrected chi connectivity index (χ1v) is 13.9. The highest BCUT2D eigenvalue weighted by molar-refractivity contribution is 9.13. The average molecular weight is 628 g/mol. The van der Waals surface area contributed by atoms with E-state index in [0.29, 0.717) is 19.4 Å². The quantitative estimate of drug-likeness (QED) is 0.155. The molecule has 0 aliphatic rings. The lowest BCUT2D eigenvalue weighted by Gasteiger charge is -2.12. The van der Waals surface area contributed by atoms with E-state index in [9.17, 15) is 28.1 Å². The number of ketones is 1. The number of carbonyl (C=O) groups excluding carboxylic acids is 2. The van der Waals surface area contributed by atoms with Gasteiger partial charge in [-0.3, -0.25) is 19.7 Å². The number of hydrogen-bond donors (Lipinski definition) is 1. The number of halogens is 2. The normalized spacial score (nSPS) is 11.1. The highest BCUT2D eigenvalue weighted by atomic mass is 79.9. The monoisotopic (exact) mass is 626 g/mol. The van der Waals surface area contributed by atoms with E-state index in [2.05, 4.69) is 31.9 Å². The second-order valence-electron chi connectivity index (χ2n) is 6.92. The van der Waals surface area contributed by atoms with Gasteiger partial charge in [-0.1, -0.05) is 30.3 Å². The van der Waals surface area contributed by atoms with Gasteiger partial charge in [0.1, 0.15) is 0 Å². The zero-order chi connectivity index (χ0) is 25.0. The van der Waals surface area contributed by atoms with Gasteiger partial charge in [-0.05, 0) is 67.9 Å². The Morgan fingerprint density at radius 1 is 1.03 bits per heavy atom. The molecule has 0 saturated heterocycles. The van der Waals surface area contributed by atoms with Crippen molar-refractivity contribution in [3.63, 3.8) is 0 Å². The summed E-state index contributed by atoms with van der Waals surface area (Å²) in [5.74, 6) is -2.10. The minimum atomic E-state index is -4.11. The molecule has 176 valence electrons. The highest BCUT2D eigenvalue weighted by Crippen LogP contribution is 2.30. The minimum absolute atomic E-state index is 0.00525. The predicted octanol–water partition coefficient (Wildman–Crippen LogP) is 5.33. The largest absolute Gasteiger partial charge is 0.289 e. The van der Waals surface area contributed by atoms with Crippen molar-refractivity contribution in [2.75, 3.05) is 6.26 Å². The number of hydrogen-bond acceptors (Lipinski definition) is 7. The molecule has 0 saturated carbocycles. The van der Waals surface area contributed by atoms with E-state index in [-0.39, 0.29) is 22.4 Å². The fourth-order valence-corrected chi connectivity index (χ4v) is 5.76. The summed E-state index contributed by atoms with van der Waals surface area (Å²) in [6.45, 7) is 0. The molecule has 1 N–H and O–H groups in total. The van der Waals surface area contributed by atoms with Gasteiger partial charge in [0.2, 0.25) is 10.0 Å². The second kappa shape index (κ2) is 10.8. The van der Waals surface area contributed by atoms with E-state index in [1.165, 1.54) is 48.2 Å². The summed E-state index contributed by atoms with van der Waals surface area (Å²) in [4.78, 5) is 37.1. The smallest absolute Gasteiger partial charge is 0.283 e. The van der Waals surface area contributed by atoms with Crippen LogP contribution in [0.4, 0.5) is 5.69 Å². The molecule has 0 unspecified atom stereocenters. The van der Waals surface area contributed by atoms with Gasteiger partial charge in [0.15, 0.2) is 5.78 Å². The lowest BCUT2D eigenvalue weighted by molar-refractivity contribution is -0.387. The maximum atomic E-state index is 13.1. The van der Waals surface area contributed by atoms with Crippen molar-refractivity contribution < 1.29 is 22.9 Å². The third-order valence-corrected chi connectivity index (χ3v) is 8.78. The van der Waals surface area contributed by atoms with Crippen LogP contribution in [-0.2, 0) is 15.8 Å². The maximum absolute atomic E-state index is 13.1. The standard InChI is InChI=1S/C22H16Br2N2O6S2/c1-33-19-10-9-13(11-18(19)26(29)30)21(27)15-6-2-3-7-16(15)22(28)25-34(31,32)12-14-5-4-8-17(23)20(14)24/h2-11H,12H2,1H3,(H,25,28). The Hall–Kier alpha value is -2.54. The fraction of sp³-hybridized carbons (Fsp3) is 0.0909. The fourth-order valence-electron chi connectivity index (χ4n) is 3.11. The Balaban J connectivity index is 1.91. The van der Waals surface area contributed by atoms with Crippen LogP contribution in [0.3, 0.4) is 0 Å². The molecule has 1 amide bonds. The van der Waals surface area contributed by atoms with Crippen molar-refractivity contribution >= 4 is 71.0 Å². The van der Waals surface area contributed by atoms with Gasteiger partial charge in [0.25, 0.3) is 11.6 Å². The SMILES string of the molecule is CSc1ccc(C(=O)c2ccccc2C(=O)NS(=O)(=O)Cc2cccc(Br)c2Br)cc1[N+](=O)[O-]. The van der Waals surface area contributed by atoms with E-state index in [1.807, 2.05) is 4.72 Å². The molecule has 12 heteroatoms. The number of nitrogens with one attached hydrogen (secondary N) is 1. The van der Waals surface area contributed by atoms with Crippen LogP contribution in [0.5, 0.6) is 0 Å². The molecule has 3 aromatic rings. The lowest BCUT2D eigenvalue weighted by Crippen LogP contribution is -2.32. The zero-order valence-electron chi connectivity index (χ0n) is 17.4. The zero-order valence-corrected chi connectivity index (χ0v) is 22.3. The molecule has 8 nitrogen and oxygen atoms in total. The van der Waals surface area contributed by atoms with Crippen LogP contribution in [0, 0.1) is 10.1 Å².